The van der Waals surface area contributed by atoms with Gasteiger partial charge < -0.3 is 45.4 Å². The maximum absolute atomic E-state index is 13.4. The summed E-state index contributed by atoms with van der Waals surface area (Å²) in [7, 11) is 2.49. The molecule has 0 radical (unpaired) electrons. The topological polar surface area (TPSA) is 204 Å². The van der Waals surface area contributed by atoms with Gasteiger partial charge in [-0.25, -0.2) is 19.6 Å². The third kappa shape index (κ3) is 10.4. The highest BCUT2D eigenvalue weighted by Crippen LogP contribution is 2.27. The number of ether oxygens (including phenoxy) is 2. The quantitative estimate of drug-likeness (QED) is 0.0938. The number of carbonyl (C=O) groups excluding carboxylic acids is 4. The van der Waals surface area contributed by atoms with Crippen molar-refractivity contribution in [3.05, 3.63) is 72.6 Å². The van der Waals surface area contributed by atoms with E-state index in [4.69, 9.17) is 4.74 Å². The molecule has 4 amide bonds. The second kappa shape index (κ2) is 18.7. The third-order valence-corrected chi connectivity index (χ3v) is 8.72. The van der Waals surface area contributed by atoms with Crippen molar-refractivity contribution in [3.8, 4) is 33.6 Å². The van der Waals surface area contributed by atoms with Gasteiger partial charge in [-0.05, 0) is 40.5 Å². The number of hydrogen-bond acceptors (Lipinski definition) is 9. The standard InChI is InChI=1S/C38H50N8O7/c1-8-17-46(36(49)33(23(4)5)45-38(51)53-7)20-31-39-18-28(41-31)26-13-9-24(10-14-26)25-11-15-27(16-12-25)29-19-40-34(42-29)30(21-47)43-35(48)32(22(2)3)44-37(50)52-6/h9-16,18-19,22-23,30,32-33,47H,8,17,20-21H2,1-7H3,(H,39,41)(H,40,42)(H,43,48)(H,44,50)(H,45,51)/t30-,32-,33-/m0/s1. The van der Waals surface area contributed by atoms with Gasteiger partial charge in [-0.2, -0.15) is 0 Å². The average Bonchev–Trinajstić information content (AvgIpc) is 3.85. The minimum Gasteiger partial charge on any atom is -0.453 e. The number of methoxy groups -OCH3 is 2. The molecule has 53 heavy (non-hydrogen) atoms. The molecule has 2 aromatic carbocycles. The lowest BCUT2D eigenvalue weighted by molar-refractivity contribution is -0.135. The second-order valence-corrected chi connectivity index (χ2v) is 13.3. The summed E-state index contributed by atoms with van der Waals surface area (Å²) in [6, 6.07) is 13.5. The molecule has 4 rings (SSSR count). The number of amides is 4. The molecule has 2 heterocycles. The number of imidazole rings is 2. The van der Waals surface area contributed by atoms with Crippen LogP contribution in [0.25, 0.3) is 33.6 Å². The molecule has 0 bridgehead atoms. The number of alkyl carbamates (subject to hydrolysis) is 2. The Kier molecular flexibility index (Phi) is 14.1. The van der Waals surface area contributed by atoms with Gasteiger partial charge in [0.15, 0.2) is 0 Å². The number of nitrogens with one attached hydrogen (secondary N) is 5. The minimum absolute atomic E-state index is 0.130. The van der Waals surface area contributed by atoms with E-state index in [2.05, 4.69) is 40.6 Å². The number of aliphatic hydroxyl groups excluding tert-OH is 1. The van der Waals surface area contributed by atoms with E-state index >= 15 is 0 Å². The fourth-order valence-electron chi connectivity index (χ4n) is 5.73. The number of aromatic amines is 2. The Morgan fingerprint density at radius 3 is 1.72 bits per heavy atom. The second-order valence-electron chi connectivity index (χ2n) is 13.3. The first-order valence-corrected chi connectivity index (χ1v) is 17.6. The number of H-pyrrole nitrogens is 2. The first-order valence-electron chi connectivity index (χ1n) is 17.6. The molecule has 0 aliphatic rings. The molecule has 4 aromatic rings. The molecule has 15 heteroatoms. The van der Waals surface area contributed by atoms with Crippen molar-refractivity contribution in [2.75, 3.05) is 27.4 Å². The third-order valence-electron chi connectivity index (χ3n) is 8.72. The average molecular weight is 731 g/mol. The summed E-state index contributed by atoms with van der Waals surface area (Å²) in [6.07, 6.45) is 2.76. The van der Waals surface area contributed by atoms with Crippen LogP contribution in [0.4, 0.5) is 9.59 Å². The summed E-state index contributed by atoms with van der Waals surface area (Å²) in [5, 5.41) is 18.0. The van der Waals surface area contributed by atoms with E-state index in [1.54, 1.807) is 31.1 Å². The number of aromatic nitrogens is 4. The normalized spacial score (nSPS) is 12.9. The zero-order chi connectivity index (χ0) is 38.7. The van der Waals surface area contributed by atoms with E-state index in [1.165, 1.54) is 14.2 Å². The summed E-state index contributed by atoms with van der Waals surface area (Å²) in [6.45, 7) is 9.69. The van der Waals surface area contributed by atoms with Crippen LogP contribution < -0.4 is 16.0 Å². The van der Waals surface area contributed by atoms with Crippen LogP contribution >= 0.6 is 0 Å². The molecular formula is C38H50N8O7. The van der Waals surface area contributed by atoms with Gasteiger partial charge in [0.05, 0.1) is 51.2 Å². The van der Waals surface area contributed by atoms with Gasteiger partial charge in [-0.1, -0.05) is 83.1 Å². The van der Waals surface area contributed by atoms with E-state index in [9.17, 15) is 24.3 Å². The van der Waals surface area contributed by atoms with E-state index in [-0.39, 0.29) is 24.3 Å². The Labute approximate surface area is 309 Å². The van der Waals surface area contributed by atoms with Gasteiger partial charge >= 0.3 is 12.2 Å². The summed E-state index contributed by atoms with van der Waals surface area (Å²) in [5.74, 6) is -0.0118. The van der Waals surface area contributed by atoms with Gasteiger partial charge in [0.25, 0.3) is 0 Å². The fraction of sp³-hybridized carbons (Fsp3) is 0.421. The predicted molar refractivity (Wildman–Crippen MR) is 199 cm³/mol. The summed E-state index contributed by atoms with van der Waals surface area (Å²) in [5.41, 5.74) is 5.31. The zero-order valence-electron chi connectivity index (χ0n) is 31.2. The zero-order valence-corrected chi connectivity index (χ0v) is 31.2. The van der Waals surface area contributed by atoms with E-state index in [1.807, 2.05) is 69.3 Å². The lowest BCUT2D eigenvalue weighted by Gasteiger charge is -2.28. The number of hydrogen-bond donors (Lipinski definition) is 6. The molecule has 0 aliphatic heterocycles. The Bertz CT molecular complexity index is 1820. The monoisotopic (exact) mass is 730 g/mol. The predicted octanol–water partition coefficient (Wildman–Crippen LogP) is 4.78. The molecule has 6 N–H and O–H groups in total. The van der Waals surface area contributed by atoms with Crippen LogP contribution in [0.5, 0.6) is 0 Å². The van der Waals surface area contributed by atoms with Crippen LogP contribution in [0.15, 0.2) is 60.9 Å². The molecule has 15 nitrogen and oxygen atoms in total. The summed E-state index contributed by atoms with van der Waals surface area (Å²) in [4.78, 5) is 67.1. The minimum atomic E-state index is -0.856. The molecule has 3 atom stereocenters. The maximum Gasteiger partial charge on any atom is 0.407 e. The number of rotatable bonds is 16. The first-order chi connectivity index (χ1) is 25.4. The molecule has 0 spiro atoms. The van der Waals surface area contributed by atoms with E-state index in [0.29, 0.717) is 23.9 Å². The lowest BCUT2D eigenvalue weighted by atomic mass is 10.0. The number of aliphatic hydroxyl groups is 1. The van der Waals surface area contributed by atoms with Crippen LogP contribution in [0.3, 0.4) is 0 Å². The Morgan fingerprint density at radius 2 is 1.23 bits per heavy atom. The molecule has 0 saturated carbocycles. The number of benzene rings is 2. The first kappa shape index (κ1) is 40.1. The highest BCUT2D eigenvalue weighted by atomic mass is 16.5. The Hall–Kier alpha value is -5.70. The van der Waals surface area contributed by atoms with Crippen molar-refractivity contribution in [3.63, 3.8) is 0 Å². The highest BCUT2D eigenvalue weighted by Gasteiger charge is 2.30. The van der Waals surface area contributed by atoms with Crippen LogP contribution in [0, 0.1) is 11.8 Å². The largest absolute Gasteiger partial charge is 0.453 e. The molecule has 284 valence electrons. The van der Waals surface area contributed by atoms with Gasteiger partial charge in [0.1, 0.15) is 29.8 Å². The van der Waals surface area contributed by atoms with E-state index in [0.717, 1.165) is 34.4 Å². The van der Waals surface area contributed by atoms with Crippen LogP contribution in [-0.2, 0) is 25.6 Å². The highest BCUT2D eigenvalue weighted by molar-refractivity contribution is 5.86. The molecular weight excluding hydrogens is 680 g/mol. The van der Waals surface area contributed by atoms with Crippen molar-refractivity contribution in [2.45, 2.75) is 65.7 Å². The lowest BCUT2D eigenvalue weighted by Crippen LogP contribution is -2.51. The van der Waals surface area contributed by atoms with Crippen LogP contribution in [0.2, 0.25) is 0 Å². The Morgan fingerprint density at radius 1 is 0.736 bits per heavy atom. The van der Waals surface area contributed by atoms with Gasteiger partial charge in [0.2, 0.25) is 11.8 Å². The molecule has 0 unspecified atom stereocenters. The smallest absolute Gasteiger partial charge is 0.407 e. The van der Waals surface area contributed by atoms with Crippen LogP contribution in [-0.4, -0.2) is 93.4 Å². The molecule has 0 fully saturated rings. The Balaban J connectivity index is 1.41. The van der Waals surface area contributed by atoms with Gasteiger partial charge in [-0.15, -0.1) is 0 Å². The van der Waals surface area contributed by atoms with Crippen LogP contribution in [0.1, 0.15) is 58.7 Å². The molecule has 2 aromatic heterocycles. The van der Waals surface area contributed by atoms with Crippen molar-refractivity contribution < 1.29 is 33.8 Å². The number of carbonyl (C=O) groups is 4. The van der Waals surface area contributed by atoms with Gasteiger partial charge in [0, 0.05) is 6.54 Å². The van der Waals surface area contributed by atoms with Crippen molar-refractivity contribution in [2.24, 2.45) is 11.8 Å². The fourth-order valence-corrected chi connectivity index (χ4v) is 5.73. The summed E-state index contributed by atoms with van der Waals surface area (Å²) < 4.78 is 9.35. The van der Waals surface area contributed by atoms with Gasteiger partial charge in [-0.3, -0.25) is 9.59 Å². The SMILES string of the molecule is CCCN(Cc1ncc(-c2ccc(-c3ccc(-c4cnc([C@H](CO)NC(=O)[C@@H](NC(=O)OC)C(C)C)[nH]4)cc3)cc2)[nH]1)C(=O)[C@@H](NC(=O)OC)C(C)C. The molecule has 0 aliphatic carbocycles. The summed E-state index contributed by atoms with van der Waals surface area (Å²) >= 11 is 0. The van der Waals surface area contributed by atoms with Crippen molar-refractivity contribution in [1.82, 2.24) is 40.8 Å². The van der Waals surface area contributed by atoms with E-state index < -0.39 is 42.8 Å². The molecule has 0 saturated heterocycles. The number of nitrogens with zero attached hydrogens (tertiary/aromatic N) is 3. The van der Waals surface area contributed by atoms with Crippen molar-refractivity contribution in [1.29, 1.82) is 0 Å². The maximum atomic E-state index is 13.4. The van der Waals surface area contributed by atoms with Crippen molar-refractivity contribution >= 4 is 24.0 Å².